The van der Waals surface area contributed by atoms with Crippen LogP contribution in [0.3, 0.4) is 0 Å². The lowest BCUT2D eigenvalue weighted by Gasteiger charge is -2.27. The summed E-state index contributed by atoms with van der Waals surface area (Å²) in [6.45, 7) is 4.08. The average molecular weight is 985 g/mol. The number of hydrogen-bond acceptors (Lipinski definition) is 5. The predicted octanol–water partition coefficient (Wildman–Crippen LogP) is 18.5. The molecule has 4 unspecified atom stereocenters. The summed E-state index contributed by atoms with van der Waals surface area (Å²) in [4.78, 5) is 12.6. The van der Waals surface area contributed by atoms with Crippen molar-refractivity contribution in [2.24, 2.45) is 0 Å². The molecule has 0 bridgehead atoms. The first kappa shape index (κ1) is 68.3. The molecule has 0 saturated carbocycles. The van der Waals surface area contributed by atoms with E-state index in [9.17, 15) is 25.2 Å². The number of aliphatic hydroxyl groups excluding tert-OH is 4. The van der Waals surface area contributed by atoms with Crippen LogP contribution in [0.5, 0.6) is 0 Å². The number of nitrogens with one attached hydrogen (secondary N) is 1. The first-order valence-corrected chi connectivity index (χ1v) is 31.0. The lowest BCUT2D eigenvalue weighted by atomic mass is 10.00. The third kappa shape index (κ3) is 51.2. The van der Waals surface area contributed by atoms with Gasteiger partial charge < -0.3 is 25.7 Å². The van der Waals surface area contributed by atoms with Crippen molar-refractivity contribution in [1.82, 2.24) is 5.32 Å². The molecule has 4 atom stereocenters. The third-order valence-electron chi connectivity index (χ3n) is 14.5. The van der Waals surface area contributed by atoms with Crippen molar-refractivity contribution in [3.05, 3.63) is 48.6 Å². The zero-order chi connectivity index (χ0) is 50.9. The Labute approximate surface area is 436 Å². The highest BCUT2D eigenvalue weighted by molar-refractivity contribution is 5.80. The van der Waals surface area contributed by atoms with Gasteiger partial charge >= 0.3 is 0 Å². The Balaban J connectivity index is 3.68. The molecule has 0 saturated heterocycles. The topological polar surface area (TPSA) is 110 Å². The van der Waals surface area contributed by atoms with Gasteiger partial charge in [0.2, 0.25) is 5.91 Å². The second kappa shape index (κ2) is 58.2. The average Bonchev–Trinajstić information content (AvgIpc) is 3.36. The van der Waals surface area contributed by atoms with Crippen molar-refractivity contribution < 1.29 is 25.2 Å². The van der Waals surface area contributed by atoms with Crippen molar-refractivity contribution in [1.29, 1.82) is 0 Å². The number of rotatable bonds is 57. The van der Waals surface area contributed by atoms with E-state index in [0.29, 0.717) is 19.3 Å². The minimum atomic E-state index is -1.30. The Morgan fingerprint density at radius 2 is 0.600 bits per heavy atom. The van der Waals surface area contributed by atoms with Crippen LogP contribution in [0.1, 0.15) is 322 Å². The molecule has 0 radical (unpaired) electrons. The molecule has 0 rings (SSSR count). The molecule has 0 aliphatic carbocycles. The van der Waals surface area contributed by atoms with Crippen molar-refractivity contribution in [3.63, 3.8) is 0 Å². The summed E-state index contributed by atoms with van der Waals surface area (Å²) < 4.78 is 0. The van der Waals surface area contributed by atoms with Crippen LogP contribution in [-0.4, -0.2) is 57.3 Å². The van der Waals surface area contributed by atoms with E-state index in [1.807, 2.05) is 0 Å². The second-order valence-electron chi connectivity index (χ2n) is 21.4. The molecule has 6 heteroatoms. The molecule has 0 aromatic carbocycles. The molecule has 1 amide bonds. The first-order valence-electron chi connectivity index (χ1n) is 31.0. The highest BCUT2D eigenvalue weighted by Crippen LogP contribution is 2.17. The van der Waals surface area contributed by atoms with E-state index in [1.165, 1.54) is 238 Å². The van der Waals surface area contributed by atoms with Crippen LogP contribution < -0.4 is 5.32 Å². The van der Waals surface area contributed by atoms with Crippen molar-refractivity contribution in [2.75, 3.05) is 6.61 Å². The predicted molar refractivity (Wildman–Crippen MR) is 307 cm³/mol. The third-order valence-corrected chi connectivity index (χ3v) is 14.5. The van der Waals surface area contributed by atoms with Crippen molar-refractivity contribution >= 4 is 5.91 Å². The Morgan fingerprint density at radius 1 is 0.343 bits per heavy atom. The molecule has 6 nitrogen and oxygen atoms in total. The lowest BCUT2D eigenvalue weighted by molar-refractivity contribution is -0.132. The van der Waals surface area contributed by atoms with Crippen molar-refractivity contribution in [3.8, 4) is 0 Å². The Morgan fingerprint density at radius 3 is 0.900 bits per heavy atom. The molecular weight excluding hydrogens is 863 g/mol. The Kier molecular flexibility index (Phi) is 56.7. The van der Waals surface area contributed by atoms with Crippen LogP contribution in [0.15, 0.2) is 48.6 Å². The summed E-state index contributed by atoms with van der Waals surface area (Å²) in [5.74, 6) is -0.598. The Hall–Kier alpha value is -1.73. The van der Waals surface area contributed by atoms with E-state index in [1.54, 1.807) is 0 Å². The van der Waals surface area contributed by atoms with Gasteiger partial charge in [-0.15, -0.1) is 0 Å². The van der Waals surface area contributed by atoms with Gasteiger partial charge in [0.25, 0.3) is 0 Å². The van der Waals surface area contributed by atoms with Crippen LogP contribution in [-0.2, 0) is 4.79 Å². The van der Waals surface area contributed by atoms with Crippen LogP contribution in [0, 0.1) is 0 Å². The van der Waals surface area contributed by atoms with E-state index in [4.69, 9.17) is 0 Å². The quantitative estimate of drug-likeness (QED) is 0.0308. The number of aliphatic hydroxyl groups is 4. The van der Waals surface area contributed by atoms with E-state index < -0.39 is 36.9 Å². The van der Waals surface area contributed by atoms with Crippen LogP contribution in [0.4, 0.5) is 0 Å². The van der Waals surface area contributed by atoms with Crippen LogP contribution in [0.25, 0.3) is 0 Å². The van der Waals surface area contributed by atoms with Gasteiger partial charge in [-0.25, -0.2) is 0 Å². The number of carbonyl (C=O) groups excluding carboxylic acids is 1. The van der Waals surface area contributed by atoms with E-state index in [-0.39, 0.29) is 0 Å². The van der Waals surface area contributed by atoms with Gasteiger partial charge in [0.1, 0.15) is 12.2 Å². The van der Waals surface area contributed by atoms with Crippen LogP contribution >= 0.6 is 0 Å². The zero-order valence-electron chi connectivity index (χ0n) is 46.8. The second-order valence-corrected chi connectivity index (χ2v) is 21.4. The van der Waals surface area contributed by atoms with Gasteiger partial charge in [-0.1, -0.05) is 281 Å². The van der Waals surface area contributed by atoms with Gasteiger partial charge in [-0.2, -0.15) is 0 Å². The number of carbonyl (C=O) groups is 1. The molecule has 0 aromatic rings. The molecule has 0 aliphatic heterocycles. The Bertz CT molecular complexity index is 1150. The normalized spacial score (nSPS) is 14.0. The summed E-state index contributed by atoms with van der Waals surface area (Å²) in [6, 6.07) is -1.01. The van der Waals surface area contributed by atoms with Crippen molar-refractivity contribution in [2.45, 2.75) is 346 Å². The highest BCUT2D eigenvalue weighted by Gasteiger charge is 2.28. The van der Waals surface area contributed by atoms with Gasteiger partial charge in [-0.3, -0.25) is 4.79 Å². The molecular formula is C64H121NO5. The smallest absolute Gasteiger partial charge is 0.249 e. The van der Waals surface area contributed by atoms with Gasteiger partial charge in [0.15, 0.2) is 0 Å². The fraction of sp³-hybridized carbons (Fsp3) is 0.859. The zero-order valence-corrected chi connectivity index (χ0v) is 46.8. The molecule has 5 N–H and O–H groups in total. The summed E-state index contributed by atoms with van der Waals surface area (Å²) in [7, 11) is 0. The van der Waals surface area contributed by atoms with E-state index in [0.717, 1.165) is 51.4 Å². The summed E-state index contributed by atoms with van der Waals surface area (Å²) >= 11 is 0. The monoisotopic (exact) mass is 984 g/mol. The van der Waals surface area contributed by atoms with E-state index in [2.05, 4.69) is 67.8 Å². The fourth-order valence-electron chi connectivity index (χ4n) is 9.61. The number of amides is 1. The molecule has 0 heterocycles. The number of unbranched alkanes of at least 4 members (excludes halogenated alkanes) is 40. The van der Waals surface area contributed by atoms with Crippen LogP contribution in [0.2, 0.25) is 0 Å². The van der Waals surface area contributed by atoms with Gasteiger partial charge in [0, 0.05) is 0 Å². The number of allylic oxidation sites excluding steroid dienone is 8. The molecule has 70 heavy (non-hydrogen) atoms. The largest absolute Gasteiger partial charge is 0.394 e. The fourth-order valence-corrected chi connectivity index (χ4v) is 9.61. The molecule has 0 fully saturated rings. The minimum Gasteiger partial charge on any atom is -0.394 e. The maximum Gasteiger partial charge on any atom is 0.249 e. The maximum absolute atomic E-state index is 12.6. The molecule has 0 aliphatic rings. The van der Waals surface area contributed by atoms with Gasteiger partial charge in [-0.05, 0) is 89.9 Å². The summed E-state index contributed by atoms with van der Waals surface area (Å²) in [5.41, 5.74) is 0. The summed E-state index contributed by atoms with van der Waals surface area (Å²) in [5, 5.41) is 44.0. The molecule has 0 aromatic heterocycles. The molecule has 0 spiro atoms. The molecule has 412 valence electrons. The SMILES string of the molecule is CCCCCCCCCCCCCC/C=C\CCCCCCCCCCCCC(O)C(=O)NC(CO)C(O)C(O)CCC/C=C/CC/C=C/CC/C=C/CCCCCCCCCCCCCCCCC. The maximum atomic E-state index is 12.6. The lowest BCUT2D eigenvalue weighted by Crippen LogP contribution is -2.53. The first-order chi connectivity index (χ1) is 34.5. The van der Waals surface area contributed by atoms with Gasteiger partial charge in [0.05, 0.1) is 18.8 Å². The highest BCUT2D eigenvalue weighted by atomic mass is 16.3. The number of hydrogen-bond donors (Lipinski definition) is 5. The standard InChI is InChI=1S/C64H121NO5/c1-3-5-7-9-11-13-15-17-19-21-23-25-27-29-31-32-34-35-37-39-41-43-45-47-49-51-53-55-57-61(67)63(69)60(59-66)65-64(70)62(68)58-56-54-52-50-48-46-44-42-40-38-36-33-30-28-26-24-22-20-18-16-14-12-10-8-6-4-2/h30,33-35,41,43,49,51,60-63,66-69H,3-29,31-32,36-40,42,44-48,50,52-59H2,1-2H3,(H,65,70)/b33-30-,35-34+,43-41+,51-49+. The summed E-state index contributed by atoms with van der Waals surface area (Å²) in [6.07, 6.45) is 74.9. The van der Waals surface area contributed by atoms with E-state index >= 15 is 0 Å². The minimum absolute atomic E-state index is 0.357.